The fourth-order valence-electron chi connectivity index (χ4n) is 2.10. The van der Waals surface area contributed by atoms with Gasteiger partial charge in [0.15, 0.2) is 0 Å². The molecule has 0 bridgehead atoms. The van der Waals surface area contributed by atoms with Crippen LogP contribution in [0, 0.1) is 0 Å². The first-order valence-corrected chi connectivity index (χ1v) is 10.8. The molecule has 0 atom stereocenters. The van der Waals surface area contributed by atoms with Crippen molar-refractivity contribution in [1.29, 1.82) is 0 Å². The molecule has 0 saturated heterocycles. The number of nitrogens with zero attached hydrogens (tertiary/aromatic N) is 2. The molecule has 0 heterocycles. The number of phenols is 2. The second-order valence-electron chi connectivity index (χ2n) is 5.43. The van der Waals surface area contributed by atoms with E-state index in [1.165, 1.54) is 0 Å². The molecule has 0 spiro atoms. The largest absolute Gasteiger partial charge is 0.507 e. The van der Waals surface area contributed by atoms with Crippen molar-refractivity contribution in [2.45, 2.75) is 13.1 Å². The maximum absolute atomic E-state index is 9.87. The Morgan fingerprint density at radius 2 is 1.35 bits per heavy atom. The van der Waals surface area contributed by atoms with E-state index in [-0.39, 0.29) is 17.7 Å². The van der Waals surface area contributed by atoms with Crippen LogP contribution in [0.25, 0.3) is 0 Å². The SMILES string of the molecule is CCSCCSCC(N=Cc1ccccc1O)N=Cc1ccccc1O. The molecule has 26 heavy (non-hydrogen) atoms. The number of para-hydroxylation sites is 2. The summed E-state index contributed by atoms with van der Waals surface area (Å²) in [7, 11) is 0. The standard InChI is InChI=1S/C20H24N2O2S2/c1-2-25-11-12-26-15-20(21-13-16-7-3-5-9-18(16)23)22-14-17-8-4-6-10-19(17)24/h3-10,13-14,20,23-24H,2,11-12,15H2,1H3. The summed E-state index contributed by atoms with van der Waals surface area (Å²) in [5.74, 6) is 4.44. The molecule has 2 rings (SSSR count). The Labute approximate surface area is 163 Å². The van der Waals surface area contributed by atoms with Crippen LogP contribution in [0.5, 0.6) is 11.5 Å². The van der Waals surface area contributed by atoms with Crippen LogP contribution in [-0.4, -0.2) is 51.8 Å². The number of phenolic OH excluding ortho intramolecular Hbond substituents is 2. The molecule has 138 valence electrons. The number of rotatable bonds is 10. The molecule has 0 fully saturated rings. The highest BCUT2D eigenvalue weighted by Gasteiger charge is 2.05. The van der Waals surface area contributed by atoms with Crippen molar-refractivity contribution >= 4 is 36.0 Å². The summed E-state index contributed by atoms with van der Waals surface area (Å²) in [4.78, 5) is 9.05. The lowest BCUT2D eigenvalue weighted by molar-refractivity contribution is 0.474. The number of benzene rings is 2. The first-order chi connectivity index (χ1) is 12.7. The summed E-state index contributed by atoms with van der Waals surface area (Å²) in [5.41, 5.74) is 1.34. The number of hydrogen-bond acceptors (Lipinski definition) is 6. The molecular formula is C20H24N2O2S2. The summed E-state index contributed by atoms with van der Waals surface area (Å²) in [5, 5.41) is 19.7. The highest BCUT2D eigenvalue weighted by atomic mass is 32.2. The van der Waals surface area contributed by atoms with Crippen LogP contribution in [0.3, 0.4) is 0 Å². The summed E-state index contributed by atoms with van der Waals surface area (Å²) >= 11 is 3.73. The Morgan fingerprint density at radius 3 is 1.85 bits per heavy atom. The van der Waals surface area contributed by atoms with E-state index < -0.39 is 0 Å². The Hall–Kier alpha value is -1.92. The smallest absolute Gasteiger partial charge is 0.148 e. The Morgan fingerprint density at radius 1 is 0.846 bits per heavy atom. The molecule has 0 radical (unpaired) electrons. The highest BCUT2D eigenvalue weighted by Crippen LogP contribution is 2.16. The van der Waals surface area contributed by atoms with Crippen molar-refractivity contribution in [2.75, 3.05) is 23.0 Å². The van der Waals surface area contributed by atoms with Crippen molar-refractivity contribution in [3.05, 3.63) is 59.7 Å². The molecule has 0 aliphatic rings. The lowest BCUT2D eigenvalue weighted by Crippen LogP contribution is -2.07. The molecule has 0 aliphatic heterocycles. The second kappa shape index (κ2) is 11.6. The lowest BCUT2D eigenvalue weighted by atomic mass is 10.2. The van der Waals surface area contributed by atoms with E-state index in [9.17, 15) is 10.2 Å². The predicted molar refractivity (Wildman–Crippen MR) is 116 cm³/mol. The number of aromatic hydroxyl groups is 2. The molecule has 0 saturated carbocycles. The van der Waals surface area contributed by atoms with Crippen molar-refractivity contribution in [1.82, 2.24) is 0 Å². The molecule has 4 nitrogen and oxygen atoms in total. The van der Waals surface area contributed by atoms with Crippen molar-refractivity contribution in [3.8, 4) is 11.5 Å². The van der Waals surface area contributed by atoms with Crippen LogP contribution in [0.15, 0.2) is 58.5 Å². The van der Waals surface area contributed by atoms with Gasteiger partial charge in [-0.3, -0.25) is 9.98 Å². The van der Waals surface area contributed by atoms with Crippen molar-refractivity contribution < 1.29 is 10.2 Å². The van der Waals surface area contributed by atoms with E-state index >= 15 is 0 Å². The van der Waals surface area contributed by atoms with Gasteiger partial charge in [-0.15, -0.1) is 0 Å². The van der Waals surface area contributed by atoms with Gasteiger partial charge in [0.1, 0.15) is 17.7 Å². The molecular weight excluding hydrogens is 364 g/mol. The van der Waals surface area contributed by atoms with Gasteiger partial charge in [0.25, 0.3) is 0 Å². The minimum absolute atomic E-state index is 0.201. The molecule has 0 amide bonds. The van der Waals surface area contributed by atoms with E-state index in [2.05, 4.69) is 16.9 Å². The first-order valence-electron chi connectivity index (χ1n) is 8.48. The van der Waals surface area contributed by atoms with Gasteiger partial charge >= 0.3 is 0 Å². The van der Waals surface area contributed by atoms with Gasteiger partial charge in [0.2, 0.25) is 0 Å². The van der Waals surface area contributed by atoms with Crippen LogP contribution in [0.1, 0.15) is 18.1 Å². The Bertz CT molecular complexity index is 680. The van der Waals surface area contributed by atoms with Gasteiger partial charge in [-0.05, 0) is 30.0 Å². The van der Waals surface area contributed by atoms with Gasteiger partial charge < -0.3 is 10.2 Å². The normalized spacial score (nSPS) is 12.8. The van der Waals surface area contributed by atoms with Gasteiger partial charge in [-0.25, -0.2) is 0 Å². The predicted octanol–water partition coefficient (Wildman–Crippen LogP) is 4.45. The van der Waals surface area contributed by atoms with E-state index in [0.29, 0.717) is 11.1 Å². The maximum Gasteiger partial charge on any atom is 0.148 e. The average Bonchev–Trinajstić information content (AvgIpc) is 2.65. The van der Waals surface area contributed by atoms with Crippen LogP contribution >= 0.6 is 23.5 Å². The molecule has 0 aromatic heterocycles. The quantitative estimate of drug-likeness (QED) is 0.466. The lowest BCUT2D eigenvalue weighted by Gasteiger charge is -2.08. The van der Waals surface area contributed by atoms with Gasteiger partial charge in [-0.1, -0.05) is 31.2 Å². The second-order valence-corrected chi connectivity index (χ2v) is 7.97. The fraction of sp³-hybridized carbons (Fsp3) is 0.300. The minimum atomic E-state index is -0.272. The van der Waals surface area contributed by atoms with Crippen molar-refractivity contribution in [2.24, 2.45) is 9.98 Å². The van der Waals surface area contributed by atoms with E-state index in [4.69, 9.17) is 0 Å². The molecule has 2 N–H and O–H groups in total. The molecule has 6 heteroatoms. The number of aliphatic imine (C=N–C) groups is 2. The zero-order chi connectivity index (χ0) is 18.6. The van der Waals surface area contributed by atoms with Crippen LogP contribution in [0.4, 0.5) is 0 Å². The van der Waals surface area contributed by atoms with Gasteiger partial charge in [-0.2, -0.15) is 23.5 Å². The molecule has 2 aromatic carbocycles. The van der Waals surface area contributed by atoms with Gasteiger partial charge in [0.05, 0.1) is 0 Å². The fourth-order valence-corrected chi connectivity index (χ4v) is 3.88. The van der Waals surface area contributed by atoms with E-state index in [0.717, 1.165) is 23.0 Å². The minimum Gasteiger partial charge on any atom is -0.507 e. The topological polar surface area (TPSA) is 65.2 Å². The van der Waals surface area contributed by atoms with Crippen LogP contribution in [0.2, 0.25) is 0 Å². The van der Waals surface area contributed by atoms with Crippen LogP contribution in [-0.2, 0) is 0 Å². The van der Waals surface area contributed by atoms with E-state index in [1.54, 1.807) is 48.5 Å². The number of hydrogen-bond donors (Lipinski definition) is 2. The van der Waals surface area contributed by atoms with E-state index in [1.807, 2.05) is 36.0 Å². The highest BCUT2D eigenvalue weighted by molar-refractivity contribution is 8.02. The third-order valence-electron chi connectivity index (χ3n) is 3.49. The Kier molecular flexibility index (Phi) is 9.14. The summed E-state index contributed by atoms with van der Waals surface area (Å²) in [6, 6.07) is 14.2. The summed E-state index contributed by atoms with van der Waals surface area (Å²) in [6.07, 6.45) is 3.04. The third-order valence-corrected chi connectivity index (χ3v) is 5.67. The molecule has 0 aliphatic carbocycles. The third kappa shape index (κ3) is 7.14. The monoisotopic (exact) mass is 388 g/mol. The first kappa shape index (κ1) is 20.4. The van der Waals surface area contributed by atoms with Gasteiger partial charge in [0, 0.05) is 40.8 Å². The number of thioether (sulfide) groups is 2. The maximum atomic E-state index is 9.87. The summed E-state index contributed by atoms with van der Waals surface area (Å²) < 4.78 is 0. The van der Waals surface area contributed by atoms with Crippen molar-refractivity contribution in [3.63, 3.8) is 0 Å². The zero-order valence-corrected chi connectivity index (χ0v) is 16.4. The molecule has 2 aromatic rings. The Balaban J connectivity index is 2.05. The molecule has 0 unspecified atom stereocenters. The zero-order valence-electron chi connectivity index (χ0n) is 14.8. The van der Waals surface area contributed by atoms with Crippen LogP contribution < -0.4 is 0 Å². The average molecular weight is 389 g/mol. The summed E-state index contributed by atoms with van der Waals surface area (Å²) in [6.45, 7) is 2.16.